The van der Waals surface area contributed by atoms with Gasteiger partial charge in [-0.15, -0.1) is 0 Å². The largest absolute Gasteiger partial charge is 0.493 e. The summed E-state index contributed by atoms with van der Waals surface area (Å²) in [5.41, 5.74) is 0. The van der Waals surface area contributed by atoms with Crippen LogP contribution in [0.1, 0.15) is 32.1 Å². The molecule has 2 fully saturated rings. The topological polar surface area (TPSA) is 87.2 Å². The molecule has 1 aromatic rings. The molecule has 7 nitrogen and oxygen atoms in total. The highest BCUT2D eigenvalue weighted by Gasteiger charge is 2.38. The normalized spacial score (nSPS) is 22.5. The van der Waals surface area contributed by atoms with Crippen LogP contribution in [0.25, 0.3) is 0 Å². The summed E-state index contributed by atoms with van der Waals surface area (Å²) in [6.45, 7) is 1.79. The Balaban J connectivity index is 1.50. The number of para-hydroxylation sites is 1. The zero-order chi connectivity index (χ0) is 19.2. The van der Waals surface area contributed by atoms with Crippen LogP contribution in [-0.2, 0) is 14.4 Å². The van der Waals surface area contributed by atoms with Crippen molar-refractivity contribution in [2.24, 2.45) is 5.92 Å². The van der Waals surface area contributed by atoms with Crippen molar-refractivity contribution in [3.8, 4) is 5.75 Å². The standard InChI is InChI=1S/C20H26N2O5/c23-18(10-13-27-16-7-2-1-3-8-16)21-11-4-6-15(14-21)19(24)22-12-5-9-17(22)20(25)26/h1-3,7-8,15,17H,4-6,9-14H2,(H,25,26)/t15?,17-/m0/s1. The van der Waals surface area contributed by atoms with Crippen LogP contribution in [0.2, 0.25) is 0 Å². The summed E-state index contributed by atoms with van der Waals surface area (Å²) in [5.74, 6) is -0.677. The predicted molar refractivity (Wildman–Crippen MR) is 98.2 cm³/mol. The second-order valence-corrected chi connectivity index (χ2v) is 7.12. The first-order valence-electron chi connectivity index (χ1n) is 9.55. The fourth-order valence-electron chi connectivity index (χ4n) is 3.86. The van der Waals surface area contributed by atoms with Crippen LogP contribution >= 0.6 is 0 Å². The second kappa shape index (κ2) is 8.88. The number of carboxylic acids is 1. The monoisotopic (exact) mass is 374 g/mol. The van der Waals surface area contributed by atoms with E-state index in [1.54, 1.807) is 4.90 Å². The summed E-state index contributed by atoms with van der Waals surface area (Å²) in [4.78, 5) is 39.8. The quantitative estimate of drug-likeness (QED) is 0.820. The Kier molecular flexibility index (Phi) is 6.32. The molecule has 27 heavy (non-hydrogen) atoms. The van der Waals surface area contributed by atoms with Gasteiger partial charge in [-0.2, -0.15) is 0 Å². The highest BCUT2D eigenvalue weighted by Crippen LogP contribution is 2.25. The molecule has 2 heterocycles. The highest BCUT2D eigenvalue weighted by atomic mass is 16.5. The Labute approximate surface area is 158 Å². The number of benzene rings is 1. The number of hydrogen-bond acceptors (Lipinski definition) is 4. The van der Waals surface area contributed by atoms with Gasteiger partial charge in [-0.05, 0) is 37.8 Å². The maximum atomic E-state index is 12.8. The summed E-state index contributed by atoms with van der Waals surface area (Å²) >= 11 is 0. The third-order valence-corrected chi connectivity index (χ3v) is 5.27. The van der Waals surface area contributed by atoms with Gasteiger partial charge < -0.3 is 19.6 Å². The number of carboxylic acid groups (broad SMARTS) is 1. The van der Waals surface area contributed by atoms with E-state index in [0.29, 0.717) is 39.1 Å². The fourth-order valence-corrected chi connectivity index (χ4v) is 3.86. The Morgan fingerprint density at radius 2 is 1.81 bits per heavy atom. The van der Waals surface area contributed by atoms with Crippen LogP contribution in [-0.4, -0.2) is 65.0 Å². The Bertz CT molecular complexity index is 678. The summed E-state index contributed by atoms with van der Waals surface area (Å²) in [7, 11) is 0. The SMILES string of the molecule is O=C(O)[C@@H]1CCCN1C(=O)C1CCCN(C(=O)CCOc2ccccc2)C1. The lowest BCUT2D eigenvalue weighted by Gasteiger charge is -2.35. The molecular weight excluding hydrogens is 348 g/mol. The number of amides is 2. The molecule has 2 aliphatic rings. The highest BCUT2D eigenvalue weighted by molar-refractivity contribution is 5.86. The molecule has 1 aromatic carbocycles. The summed E-state index contributed by atoms with van der Waals surface area (Å²) in [6, 6.07) is 8.62. The third-order valence-electron chi connectivity index (χ3n) is 5.27. The van der Waals surface area contributed by atoms with Gasteiger partial charge in [0.1, 0.15) is 11.8 Å². The minimum Gasteiger partial charge on any atom is -0.493 e. The predicted octanol–water partition coefficient (Wildman–Crippen LogP) is 1.77. The lowest BCUT2D eigenvalue weighted by atomic mass is 9.96. The van der Waals surface area contributed by atoms with Crippen LogP contribution in [0.3, 0.4) is 0 Å². The van der Waals surface area contributed by atoms with E-state index in [-0.39, 0.29) is 24.2 Å². The first-order valence-corrected chi connectivity index (χ1v) is 9.55. The smallest absolute Gasteiger partial charge is 0.326 e. The van der Waals surface area contributed by atoms with Crippen molar-refractivity contribution >= 4 is 17.8 Å². The van der Waals surface area contributed by atoms with Crippen molar-refractivity contribution in [3.05, 3.63) is 30.3 Å². The Morgan fingerprint density at radius 3 is 2.56 bits per heavy atom. The van der Waals surface area contributed by atoms with E-state index >= 15 is 0 Å². The van der Waals surface area contributed by atoms with Gasteiger partial charge in [-0.1, -0.05) is 18.2 Å². The zero-order valence-electron chi connectivity index (χ0n) is 15.4. The fraction of sp³-hybridized carbons (Fsp3) is 0.550. The van der Waals surface area contributed by atoms with E-state index in [0.717, 1.165) is 18.6 Å². The summed E-state index contributed by atoms with van der Waals surface area (Å²) < 4.78 is 5.58. The maximum absolute atomic E-state index is 12.8. The molecule has 1 unspecified atom stereocenters. The molecule has 0 radical (unpaired) electrons. The summed E-state index contributed by atoms with van der Waals surface area (Å²) in [6.07, 6.45) is 2.94. The number of hydrogen-bond donors (Lipinski definition) is 1. The second-order valence-electron chi connectivity index (χ2n) is 7.12. The Hall–Kier alpha value is -2.57. The van der Waals surface area contributed by atoms with Crippen molar-refractivity contribution < 1.29 is 24.2 Å². The lowest BCUT2D eigenvalue weighted by Crippen LogP contribution is -2.49. The Morgan fingerprint density at radius 1 is 1.07 bits per heavy atom. The number of rotatable bonds is 6. The molecule has 146 valence electrons. The number of likely N-dealkylation sites (tertiary alicyclic amines) is 2. The molecule has 3 rings (SSSR count). The van der Waals surface area contributed by atoms with E-state index in [2.05, 4.69) is 0 Å². The minimum atomic E-state index is -0.942. The van der Waals surface area contributed by atoms with Crippen molar-refractivity contribution in [1.29, 1.82) is 0 Å². The van der Waals surface area contributed by atoms with Crippen LogP contribution in [0, 0.1) is 5.92 Å². The number of aliphatic carboxylic acids is 1. The number of carbonyl (C=O) groups is 3. The van der Waals surface area contributed by atoms with Gasteiger partial charge >= 0.3 is 5.97 Å². The van der Waals surface area contributed by atoms with E-state index in [4.69, 9.17) is 4.74 Å². The molecule has 2 amide bonds. The van der Waals surface area contributed by atoms with E-state index in [9.17, 15) is 19.5 Å². The van der Waals surface area contributed by atoms with Gasteiger partial charge in [0, 0.05) is 19.6 Å². The van der Waals surface area contributed by atoms with Gasteiger partial charge in [-0.3, -0.25) is 9.59 Å². The molecule has 2 aliphatic heterocycles. The molecule has 0 bridgehead atoms. The minimum absolute atomic E-state index is 0.0281. The number of carbonyl (C=O) groups excluding carboxylic acids is 2. The van der Waals surface area contributed by atoms with Crippen molar-refractivity contribution in [2.45, 2.75) is 38.1 Å². The lowest BCUT2D eigenvalue weighted by molar-refractivity contribution is -0.151. The van der Waals surface area contributed by atoms with Crippen LogP contribution in [0.4, 0.5) is 0 Å². The maximum Gasteiger partial charge on any atom is 0.326 e. The van der Waals surface area contributed by atoms with Crippen LogP contribution in [0.15, 0.2) is 30.3 Å². The van der Waals surface area contributed by atoms with Crippen LogP contribution < -0.4 is 4.74 Å². The first kappa shape index (κ1) is 19.2. The van der Waals surface area contributed by atoms with Crippen molar-refractivity contribution in [1.82, 2.24) is 9.80 Å². The number of nitrogens with zero attached hydrogens (tertiary/aromatic N) is 2. The summed E-state index contributed by atoms with van der Waals surface area (Å²) in [5, 5.41) is 9.29. The van der Waals surface area contributed by atoms with Gasteiger partial charge in [0.05, 0.1) is 18.9 Å². The number of ether oxygens (including phenoxy) is 1. The van der Waals surface area contributed by atoms with Crippen molar-refractivity contribution in [2.75, 3.05) is 26.2 Å². The molecule has 0 saturated carbocycles. The molecule has 2 saturated heterocycles. The van der Waals surface area contributed by atoms with E-state index in [1.165, 1.54) is 4.90 Å². The van der Waals surface area contributed by atoms with Gasteiger partial charge in [0.2, 0.25) is 11.8 Å². The van der Waals surface area contributed by atoms with Gasteiger partial charge in [0.25, 0.3) is 0 Å². The average molecular weight is 374 g/mol. The molecular formula is C20H26N2O5. The van der Waals surface area contributed by atoms with Gasteiger partial charge in [0.15, 0.2) is 0 Å². The molecule has 0 aromatic heterocycles. The van der Waals surface area contributed by atoms with E-state index < -0.39 is 12.0 Å². The molecule has 0 spiro atoms. The molecule has 7 heteroatoms. The third kappa shape index (κ3) is 4.78. The van der Waals surface area contributed by atoms with Gasteiger partial charge in [-0.25, -0.2) is 4.79 Å². The van der Waals surface area contributed by atoms with E-state index in [1.807, 2.05) is 30.3 Å². The van der Waals surface area contributed by atoms with Crippen LogP contribution in [0.5, 0.6) is 5.75 Å². The zero-order valence-corrected chi connectivity index (χ0v) is 15.4. The molecule has 0 aliphatic carbocycles. The molecule has 2 atom stereocenters. The average Bonchev–Trinajstić information content (AvgIpc) is 3.18. The number of piperidine rings is 1. The van der Waals surface area contributed by atoms with Crippen molar-refractivity contribution in [3.63, 3.8) is 0 Å². The first-order chi connectivity index (χ1) is 13.1. The molecule has 1 N–H and O–H groups in total.